The van der Waals surface area contributed by atoms with Gasteiger partial charge in [0.1, 0.15) is 5.75 Å². The molecule has 2 nitrogen and oxygen atoms in total. The van der Waals surface area contributed by atoms with Crippen LogP contribution in [0.5, 0.6) is 5.75 Å². The van der Waals surface area contributed by atoms with Gasteiger partial charge in [0, 0.05) is 12.5 Å². The number of terminal acetylenes is 1. The molecule has 98 valence electrons. The first-order valence-electron chi connectivity index (χ1n) is 6.56. The maximum absolute atomic E-state index is 5.22. The Morgan fingerprint density at radius 1 is 1.28 bits per heavy atom. The van der Waals surface area contributed by atoms with E-state index in [0.717, 1.165) is 38.0 Å². The van der Waals surface area contributed by atoms with Gasteiger partial charge in [-0.05, 0) is 50.4 Å². The quantitative estimate of drug-likeness (QED) is 0.561. The number of unbranched alkanes of at least 4 members (excludes halogenated alkanes) is 2. The van der Waals surface area contributed by atoms with Gasteiger partial charge in [-0.2, -0.15) is 0 Å². The largest absolute Gasteiger partial charge is 0.497 e. The average Bonchev–Trinajstić information content (AvgIpc) is 2.39. The maximum Gasteiger partial charge on any atom is 0.118 e. The first kappa shape index (κ1) is 14.6. The van der Waals surface area contributed by atoms with E-state index < -0.39 is 0 Å². The van der Waals surface area contributed by atoms with Crippen LogP contribution in [0.3, 0.4) is 0 Å². The van der Waals surface area contributed by atoms with Crippen LogP contribution in [-0.2, 0) is 6.42 Å². The summed E-state index contributed by atoms with van der Waals surface area (Å²) in [5.74, 6) is 3.58. The lowest BCUT2D eigenvalue weighted by Crippen LogP contribution is -2.28. The van der Waals surface area contributed by atoms with Crippen LogP contribution < -0.4 is 10.1 Å². The fourth-order valence-electron chi connectivity index (χ4n) is 1.89. The van der Waals surface area contributed by atoms with E-state index in [0.29, 0.717) is 6.04 Å². The summed E-state index contributed by atoms with van der Waals surface area (Å²) < 4.78 is 5.14. The van der Waals surface area contributed by atoms with Gasteiger partial charge in [-0.15, -0.1) is 12.3 Å². The molecule has 0 radical (unpaired) electrons. The van der Waals surface area contributed by atoms with Crippen LogP contribution in [0.25, 0.3) is 0 Å². The molecule has 1 unspecified atom stereocenters. The Balaban J connectivity index is 2.22. The van der Waals surface area contributed by atoms with Crippen molar-refractivity contribution in [3.8, 4) is 18.1 Å². The Hall–Kier alpha value is -1.46. The zero-order chi connectivity index (χ0) is 13.2. The summed E-state index contributed by atoms with van der Waals surface area (Å²) in [5, 5.41) is 3.52. The molecule has 2 heteroatoms. The fraction of sp³-hybridized carbons (Fsp3) is 0.500. The topological polar surface area (TPSA) is 21.3 Å². The lowest BCUT2D eigenvalue weighted by molar-refractivity contribution is 0.414. The zero-order valence-corrected chi connectivity index (χ0v) is 11.4. The van der Waals surface area contributed by atoms with E-state index in [-0.39, 0.29) is 0 Å². The van der Waals surface area contributed by atoms with Crippen LogP contribution in [0.2, 0.25) is 0 Å². The van der Waals surface area contributed by atoms with E-state index in [1.165, 1.54) is 5.56 Å². The predicted molar refractivity (Wildman–Crippen MR) is 76.8 cm³/mol. The Morgan fingerprint density at radius 2 is 2.00 bits per heavy atom. The molecule has 0 aromatic heterocycles. The highest BCUT2D eigenvalue weighted by molar-refractivity contribution is 5.27. The number of hydrogen-bond donors (Lipinski definition) is 1. The number of nitrogens with one attached hydrogen (secondary N) is 1. The van der Waals surface area contributed by atoms with Gasteiger partial charge >= 0.3 is 0 Å². The van der Waals surface area contributed by atoms with Crippen LogP contribution in [0, 0.1) is 12.3 Å². The van der Waals surface area contributed by atoms with E-state index >= 15 is 0 Å². The molecule has 0 aliphatic rings. The second-order valence-electron chi connectivity index (χ2n) is 4.57. The summed E-state index contributed by atoms with van der Waals surface area (Å²) in [7, 11) is 1.69. The molecule has 18 heavy (non-hydrogen) atoms. The van der Waals surface area contributed by atoms with Crippen molar-refractivity contribution in [2.24, 2.45) is 0 Å². The minimum Gasteiger partial charge on any atom is -0.497 e. The molecule has 1 aromatic rings. The normalized spacial score (nSPS) is 11.8. The number of rotatable bonds is 8. The number of methoxy groups -OCH3 is 1. The molecule has 0 amide bonds. The molecule has 0 saturated carbocycles. The molecular weight excluding hydrogens is 222 g/mol. The van der Waals surface area contributed by atoms with Gasteiger partial charge in [0.05, 0.1) is 7.11 Å². The molecule has 0 fully saturated rings. The summed E-state index contributed by atoms with van der Waals surface area (Å²) in [6.45, 7) is 3.25. The lowest BCUT2D eigenvalue weighted by Gasteiger charge is -2.13. The summed E-state index contributed by atoms with van der Waals surface area (Å²) >= 11 is 0. The minimum atomic E-state index is 0.490. The van der Waals surface area contributed by atoms with Gasteiger partial charge < -0.3 is 10.1 Å². The molecule has 0 aliphatic heterocycles. The Kier molecular flexibility index (Phi) is 6.98. The Labute approximate surface area is 111 Å². The average molecular weight is 245 g/mol. The molecule has 0 aliphatic carbocycles. The third-order valence-electron chi connectivity index (χ3n) is 2.94. The van der Waals surface area contributed by atoms with Gasteiger partial charge in [-0.3, -0.25) is 0 Å². The highest BCUT2D eigenvalue weighted by Crippen LogP contribution is 2.12. The molecular formula is C16H23NO. The summed E-state index contributed by atoms with van der Waals surface area (Å²) in [5.41, 5.74) is 1.33. The van der Waals surface area contributed by atoms with Gasteiger partial charge in [-0.1, -0.05) is 12.1 Å². The van der Waals surface area contributed by atoms with Crippen molar-refractivity contribution in [3.05, 3.63) is 29.8 Å². The van der Waals surface area contributed by atoms with E-state index in [9.17, 15) is 0 Å². The Morgan fingerprint density at radius 3 is 2.61 bits per heavy atom. The van der Waals surface area contributed by atoms with Gasteiger partial charge in [0.25, 0.3) is 0 Å². The molecule has 1 N–H and O–H groups in total. The molecule has 1 atom stereocenters. The molecule has 1 rings (SSSR count). The second-order valence-corrected chi connectivity index (χ2v) is 4.57. The first-order valence-corrected chi connectivity index (χ1v) is 6.56. The molecule has 0 saturated heterocycles. The van der Waals surface area contributed by atoms with Crippen molar-refractivity contribution < 1.29 is 4.74 Å². The highest BCUT2D eigenvalue weighted by Gasteiger charge is 2.02. The van der Waals surface area contributed by atoms with Crippen LogP contribution in [0.1, 0.15) is 31.7 Å². The SMILES string of the molecule is C#CCCCCNC(C)Cc1ccc(OC)cc1. The van der Waals surface area contributed by atoms with E-state index in [4.69, 9.17) is 11.2 Å². The van der Waals surface area contributed by atoms with Gasteiger partial charge in [0.2, 0.25) is 0 Å². The van der Waals surface area contributed by atoms with Gasteiger partial charge in [0.15, 0.2) is 0 Å². The zero-order valence-electron chi connectivity index (χ0n) is 11.4. The Bertz CT molecular complexity index is 364. The maximum atomic E-state index is 5.22. The standard InChI is InChI=1S/C16H23NO/c1-4-5-6-7-12-17-14(2)13-15-8-10-16(18-3)11-9-15/h1,8-11,14,17H,5-7,12-13H2,2-3H3. The van der Waals surface area contributed by atoms with Crippen molar-refractivity contribution in [2.45, 2.75) is 38.6 Å². The second kappa shape index (κ2) is 8.60. The van der Waals surface area contributed by atoms with Crippen molar-refractivity contribution in [1.29, 1.82) is 0 Å². The monoisotopic (exact) mass is 245 g/mol. The molecule has 0 heterocycles. The third kappa shape index (κ3) is 5.75. The summed E-state index contributed by atoms with van der Waals surface area (Å²) in [6, 6.07) is 8.75. The van der Waals surface area contributed by atoms with Crippen molar-refractivity contribution in [3.63, 3.8) is 0 Å². The predicted octanol–water partition coefficient (Wildman–Crippen LogP) is 3.02. The number of hydrogen-bond acceptors (Lipinski definition) is 2. The molecule has 0 spiro atoms. The number of ether oxygens (including phenoxy) is 1. The fourth-order valence-corrected chi connectivity index (χ4v) is 1.89. The van der Waals surface area contributed by atoms with Crippen LogP contribution in [0.15, 0.2) is 24.3 Å². The van der Waals surface area contributed by atoms with Crippen molar-refractivity contribution >= 4 is 0 Å². The smallest absolute Gasteiger partial charge is 0.118 e. The molecule has 1 aromatic carbocycles. The first-order chi connectivity index (χ1) is 8.76. The lowest BCUT2D eigenvalue weighted by atomic mass is 10.1. The van der Waals surface area contributed by atoms with Gasteiger partial charge in [-0.25, -0.2) is 0 Å². The number of benzene rings is 1. The molecule has 0 bridgehead atoms. The summed E-state index contributed by atoms with van der Waals surface area (Å²) in [6.07, 6.45) is 9.40. The van der Waals surface area contributed by atoms with Crippen LogP contribution in [-0.4, -0.2) is 19.7 Å². The van der Waals surface area contributed by atoms with Crippen LogP contribution >= 0.6 is 0 Å². The van der Waals surface area contributed by atoms with E-state index in [1.54, 1.807) is 7.11 Å². The highest BCUT2D eigenvalue weighted by atomic mass is 16.5. The van der Waals surface area contributed by atoms with Crippen LogP contribution in [0.4, 0.5) is 0 Å². The van der Waals surface area contributed by atoms with E-state index in [2.05, 4.69) is 30.3 Å². The van der Waals surface area contributed by atoms with Crippen molar-refractivity contribution in [1.82, 2.24) is 5.32 Å². The van der Waals surface area contributed by atoms with E-state index in [1.807, 2.05) is 12.1 Å². The van der Waals surface area contributed by atoms with Crippen molar-refractivity contribution in [2.75, 3.05) is 13.7 Å². The minimum absolute atomic E-state index is 0.490. The third-order valence-corrected chi connectivity index (χ3v) is 2.94. The summed E-state index contributed by atoms with van der Waals surface area (Å²) in [4.78, 5) is 0.